The fraction of sp³-hybridized carbons (Fsp3) is 0.400. The van der Waals surface area contributed by atoms with Crippen molar-refractivity contribution in [2.45, 2.75) is 31.7 Å². The smallest absolute Gasteiger partial charge is 0.418 e. The van der Waals surface area contributed by atoms with Crippen LogP contribution in [0.3, 0.4) is 0 Å². The van der Waals surface area contributed by atoms with E-state index >= 15 is 4.39 Å². The standard InChI is InChI=1S/C20H19F5N4O3/c1-9-13(29-19(30)28-10-3-5-31-8-10)6-12(21)17(16(9)22)32-14-2-4-26-18-15(14)11(7-27-18)20(23,24)25/h2,4,6-7,9-10,16H,3,5,8H2,1H3,(H,26,27)(H2,28,29,30)/t9?,10-,16?/m1/s1. The first-order chi connectivity index (χ1) is 15.1. The highest BCUT2D eigenvalue weighted by atomic mass is 19.4. The second-order valence-corrected chi connectivity index (χ2v) is 7.50. The lowest BCUT2D eigenvalue weighted by molar-refractivity contribution is -0.136. The summed E-state index contributed by atoms with van der Waals surface area (Å²) in [7, 11) is 0. The third kappa shape index (κ3) is 4.27. The molecule has 3 N–H and O–H groups in total. The lowest BCUT2D eigenvalue weighted by atomic mass is 9.94. The molecule has 0 bridgehead atoms. The van der Waals surface area contributed by atoms with Crippen molar-refractivity contribution in [1.29, 1.82) is 0 Å². The minimum absolute atomic E-state index is 0.0312. The van der Waals surface area contributed by atoms with Crippen LogP contribution in [0.25, 0.3) is 11.0 Å². The topological polar surface area (TPSA) is 88.3 Å². The van der Waals surface area contributed by atoms with Crippen LogP contribution in [0.1, 0.15) is 18.9 Å². The van der Waals surface area contributed by atoms with Gasteiger partial charge in [0, 0.05) is 30.6 Å². The Hall–Kier alpha value is -3.15. The van der Waals surface area contributed by atoms with Gasteiger partial charge >= 0.3 is 12.2 Å². The van der Waals surface area contributed by atoms with E-state index in [0.29, 0.717) is 25.8 Å². The first kappa shape index (κ1) is 22.1. The molecule has 32 heavy (non-hydrogen) atoms. The molecule has 0 spiro atoms. The van der Waals surface area contributed by atoms with Gasteiger partial charge in [0.05, 0.1) is 23.6 Å². The van der Waals surface area contributed by atoms with Gasteiger partial charge in [-0.3, -0.25) is 0 Å². The third-order valence-corrected chi connectivity index (χ3v) is 5.28. The summed E-state index contributed by atoms with van der Waals surface area (Å²) in [6.07, 6.45) is -3.40. The number of aromatic nitrogens is 2. The lowest BCUT2D eigenvalue weighted by Gasteiger charge is -2.27. The Morgan fingerprint density at radius 3 is 2.84 bits per heavy atom. The maximum Gasteiger partial charge on any atom is 0.418 e. The Kier molecular flexibility index (Phi) is 5.80. The molecule has 2 unspecified atom stereocenters. The molecule has 1 fully saturated rings. The zero-order valence-corrected chi connectivity index (χ0v) is 16.7. The number of rotatable bonds is 4. The van der Waals surface area contributed by atoms with Gasteiger partial charge in [-0.15, -0.1) is 0 Å². The van der Waals surface area contributed by atoms with E-state index < -0.39 is 52.6 Å². The van der Waals surface area contributed by atoms with Gasteiger partial charge < -0.3 is 25.1 Å². The number of carbonyl (C=O) groups is 1. The maximum atomic E-state index is 15.0. The predicted molar refractivity (Wildman–Crippen MR) is 103 cm³/mol. The summed E-state index contributed by atoms with van der Waals surface area (Å²) < 4.78 is 80.2. The summed E-state index contributed by atoms with van der Waals surface area (Å²) in [6, 6.07) is 0.256. The van der Waals surface area contributed by atoms with Crippen LogP contribution in [-0.4, -0.2) is 41.4 Å². The van der Waals surface area contributed by atoms with Crippen LogP contribution in [0, 0.1) is 5.92 Å². The molecule has 1 aliphatic heterocycles. The van der Waals surface area contributed by atoms with Crippen LogP contribution in [-0.2, 0) is 10.9 Å². The summed E-state index contributed by atoms with van der Waals surface area (Å²) in [5.41, 5.74) is -1.24. The van der Waals surface area contributed by atoms with Crippen molar-refractivity contribution in [3.05, 3.63) is 47.4 Å². The van der Waals surface area contributed by atoms with Gasteiger partial charge in [-0.05, 0) is 18.6 Å². The van der Waals surface area contributed by atoms with Crippen molar-refractivity contribution >= 4 is 17.1 Å². The summed E-state index contributed by atoms with van der Waals surface area (Å²) in [6.45, 7) is 2.25. The van der Waals surface area contributed by atoms with Crippen molar-refractivity contribution in [1.82, 2.24) is 20.6 Å². The van der Waals surface area contributed by atoms with Crippen molar-refractivity contribution in [3.8, 4) is 5.75 Å². The number of aromatic amines is 1. The number of hydrogen-bond acceptors (Lipinski definition) is 4. The first-order valence-corrected chi connectivity index (χ1v) is 9.77. The summed E-state index contributed by atoms with van der Waals surface area (Å²) in [5.74, 6) is -3.35. The molecule has 3 atom stereocenters. The van der Waals surface area contributed by atoms with E-state index in [1.165, 1.54) is 6.92 Å². The van der Waals surface area contributed by atoms with Crippen LogP contribution in [0.15, 0.2) is 41.8 Å². The largest absolute Gasteiger partial charge is 0.455 e. The molecular weight excluding hydrogens is 439 g/mol. The maximum absolute atomic E-state index is 15.0. The summed E-state index contributed by atoms with van der Waals surface area (Å²) in [5, 5.41) is 4.62. The molecule has 0 saturated carbocycles. The molecule has 12 heteroatoms. The molecule has 2 aromatic heterocycles. The van der Waals surface area contributed by atoms with Gasteiger partial charge in [0.15, 0.2) is 17.8 Å². The third-order valence-electron chi connectivity index (χ3n) is 5.28. The average molecular weight is 458 g/mol. The molecule has 3 heterocycles. The van der Waals surface area contributed by atoms with Crippen LogP contribution < -0.4 is 15.4 Å². The minimum Gasteiger partial charge on any atom is -0.455 e. The Labute approximate surface area is 178 Å². The van der Waals surface area contributed by atoms with Crippen molar-refractivity contribution in [3.63, 3.8) is 0 Å². The van der Waals surface area contributed by atoms with E-state index in [-0.39, 0.29) is 17.4 Å². The quantitative estimate of drug-likeness (QED) is 0.602. The number of nitrogens with zero attached hydrogens (tertiary/aromatic N) is 1. The van der Waals surface area contributed by atoms with Gasteiger partial charge in [0.1, 0.15) is 11.4 Å². The second-order valence-electron chi connectivity index (χ2n) is 7.50. The highest BCUT2D eigenvalue weighted by Crippen LogP contribution is 2.40. The first-order valence-electron chi connectivity index (χ1n) is 9.77. The highest BCUT2D eigenvalue weighted by Gasteiger charge is 2.37. The fourth-order valence-corrected chi connectivity index (χ4v) is 3.57. The number of alkyl halides is 4. The zero-order valence-electron chi connectivity index (χ0n) is 16.7. The number of fused-ring (bicyclic) bond motifs is 1. The molecule has 172 valence electrons. The van der Waals surface area contributed by atoms with Gasteiger partial charge in [0.25, 0.3) is 0 Å². The minimum atomic E-state index is -4.73. The number of hydrogen-bond donors (Lipinski definition) is 3. The monoisotopic (exact) mass is 458 g/mol. The number of allylic oxidation sites excluding steroid dienone is 4. The molecular formula is C20H19F5N4O3. The molecule has 0 radical (unpaired) electrons. The summed E-state index contributed by atoms with van der Waals surface area (Å²) >= 11 is 0. The fourth-order valence-electron chi connectivity index (χ4n) is 3.57. The predicted octanol–water partition coefficient (Wildman–Crippen LogP) is 4.10. The number of urea groups is 1. The van der Waals surface area contributed by atoms with Gasteiger partial charge in [0.2, 0.25) is 0 Å². The van der Waals surface area contributed by atoms with Crippen LogP contribution >= 0.6 is 0 Å². The van der Waals surface area contributed by atoms with E-state index in [1.54, 1.807) is 0 Å². The molecule has 2 amide bonds. The van der Waals surface area contributed by atoms with Crippen molar-refractivity contribution in [2.75, 3.05) is 13.2 Å². The Morgan fingerprint density at radius 1 is 1.38 bits per heavy atom. The van der Waals surface area contributed by atoms with Crippen LogP contribution in [0.4, 0.5) is 26.7 Å². The van der Waals surface area contributed by atoms with E-state index in [4.69, 9.17) is 9.47 Å². The normalized spacial score (nSPS) is 23.9. The lowest BCUT2D eigenvalue weighted by Crippen LogP contribution is -2.44. The van der Waals surface area contributed by atoms with Gasteiger partial charge in [-0.1, -0.05) is 6.92 Å². The summed E-state index contributed by atoms with van der Waals surface area (Å²) in [4.78, 5) is 18.3. The number of halogens is 5. The molecule has 2 aliphatic rings. The SMILES string of the molecule is CC1C(NC(=O)N[C@@H]2CCOC2)=CC(F)=C(Oc2ccnc3[nH]cc(C(F)(F)F)c23)C1F. The van der Waals surface area contributed by atoms with Gasteiger partial charge in [-0.2, -0.15) is 13.2 Å². The number of nitrogens with one attached hydrogen (secondary N) is 3. The second kappa shape index (κ2) is 8.41. The Balaban J connectivity index is 1.60. The van der Waals surface area contributed by atoms with Crippen molar-refractivity contribution < 1.29 is 36.2 Å². The number of H-pyrrole nitrogens is 1. The number of amides is 2. The molecule has 4 rings (SSSR count). The Morgan fingerprint density at radius 2 is 2.16 bits per heavy atom. The molecule has 2 aromatic rings. The average Bonchev–Trinajstić information content (AvgIpc) is 3.39. The molecule has 7 nitrogen and oxygen atoms in total. The van der Waals surface area contributed by atoms with E-state index in [0.717, 1.165) is 18.3 Å². The molecule has 0 aromatic carbocycles. The number of pyridine rings is 1. The molecule has 1 saturated heterocycles. The van der Waals surface area contributed by atoms with E-state index in [9.17, 15) is 22.4 Å². The Bertz CT molecular complexity index is 1090. The molecule has 1 aliphatic carbocycles. The highest BCUT2D eigenvalue weighted by molar-refractivity contribution is 5.87. The number of ether oxygens (including phenoxy) is 2. The van der Waals surface area contributed by atoms with Gasteiger partial charge in [-0.25, -0.2) is 18.6 Å². The van der Waals surface area contributed by atoms with Crippen LogP contribution in [0.2, 0.25) is 0 Å². The van der Waals surface area contributed by atoms with Crippen molar-refractivity contribution in [2.24, 2.45) is 5.92 Å². The number of carbonyl (C=O) groups excluding carboxylic acids is 1. The van der Waals surface area contributed by atoms with E-state index in [1.807, 2.05) is 0 Å². The zero-order chi connectivity index (χ0) is 23.0. The van der Waals surface area contributed by atoms with E-state index in [2.05, 4.69) is 20.6 Å². The van der Waals surface area contributed by atoms with Crippen LogP contribution in [0.5, 0.6) is 5.75 Å².